The zero-order valence-electron chi connectivity index (χ0n) is 6.79. The van der Waals surface area contributed by atoms with E-state index in [0.29, 0.717) is 0 Å². The Kier molecular flexibility index (Phi) is 3.02. The maximum Gasteiger partial charge on any atom is 0.300 e. The second kappa shape index (κ2) is 3.84. The molecule has 0 fully saturated rings. The summed E-state index contributed by atoms with van der Waals surface area (Å²) < 4.78 is 0. The fraction of sp³-hybridized carbons (Fsp3) is 0.250. The van der Waals surface area contributed by atoms with E-state index < -0.39 is 0 Å². The standard InChI is InChI=1S/C8H9N3.HI/c1-11-6-2-3-7-8(11)10-5-4-9-7;/h2-5H,6H2,1H3;1H. The number of hydrogen-bond donors (Lipinski definition) is 0. The van der Waals surface area contributed by atoms with Crippen LogP contribution in [-0.4, -0.2) is 18.6 Å². The van der Waals surface area contributed by atoms with Crippen LogP contribution in [0.3, 0.4) is 0 Å². The minimum atomic E-state index is 0. The number of anilines is 1. The first kappa shape index (κ1) is 9.44. The van der Waals surface area contributed by atoms with Crippen molar-refractivity contribution in [1.82, 2.24) is 4.98 Å². The fourth-order valence-corrected chi connectivity index (χ4v) is 1.21. The largest absolute Gasteiger partial charge is 1.00 e. The van der Waals surface area contributed by atoms with Crippen molar-refractivity contribution in [2.24, 2.45) is 0 Å². The molecule has 0 aromatic carbocycles. The van der Waals surface area contributed by atoms with Gasteiger partial charge >= 0.3 is 5.82 Å². The van der Waals surface area contributed by atoms with Gasteiger partial charge in [0, 0.05) is 0 Å². The predicted molar refractivity (Wildman–Crippen MR) is 43.1 cm³/mol. The van der Waals surface area contributed by atoms with Gasteiger partial charge in [0.1, 0.15) is 12.7 Å². The molecule has 0 atom stereocenters. The van der Waals surface area contributed by atoms with Crippen molar-refractivity contribution in [3.05, 3.63) is 24.2 Å². The lowest BCUT2D eigenvalue weighted by Gasteiger charge is -2.12. The minimum absolute atomic E-state index is 0. The monoisotopic (exact) mass is 275 g/mol. The summed E-state index contributed by atoms with van der Waals surface area (Å²) in [5, 5.41) is 0. The third kappa shape index (κ3) is 1.57. The molecule has 0 amide bonds. The van der Waals surface area contributed by atoms with Gasteiger partial charge in [-0.15, -0.1) is 0 Å². The minimum Gasteiger partial charge on any atom is -1.00 e. The van der Waals surface area contributed by atoms with Crippen molar-refractivity contribution in [3.63, 3.8) is 0 Å². The maximum absolute atomic E-state index is 4.21. The summed E-state index contributed by atoms with van der Waals surface area (Å²) in [5.74, 6) is 1.09. The molecule has 1 aliphatic heterocycles. The van der Waals surface area contributed by atoms with Crippen molar-refractivity contribution < 1.29 is 29.0 Å². The molecular formula is C8H10IN3. The quantitative estimate of drug-likeness (QED) is 0.485. The number of H-pyrrole nitrogens is 1. The number of aromatic amines is 1. The normalized spacial score (nSPS) is 13.6. The van der Waals surface area contributed by atoms with Gasteiger partial charge in [-0.2, -0.15) is 0 Å². The van der Waals surface area contributed by atoms with Crippen LogP contribution in [0.2, 0.25) is 0 Å². The van der Waals surface area contributed by atoms with E-state index in [1.807, 2.05) is 19.3 Å². The molecule has 0 unspecified atom stereocenters. The smallest absolute Gasteiger partial charge is 0.300 e. The molecule has 0 aliphatic carbocycles. The fourth-order valence-electron chi connectivity index (χ4n) is 1.21. The van der Waals surface area contributed by atoms with Crippen molar-refractivity contribution in [3.8, 4) is 0 Å². The number of nitrogens with zero attached hydrogens (tertiary/aromatic N) is 2. The van der Waals surface area contributed by atoms with E-state index in [1.165, 1.54) is 0 Å². The van der Waals surface area contributed by atoms with Crippen molar-refractivity contribution >= 4 is 11.9 Å². The van der Waals surface area contributed by atoms with E-state index >= 15 is 0 Å². The number of halogens is 1. The first-order chi connectivity index (χ1) is 5.38. The molecule has 0 spiro atoms. The highest BCUT2D eigenvalue weighted by Crippen LogP contribution is 2.15. The lowest BCUT2D eigenvalue weighted by Crippen LogP contribution is -3.00. The molecule has 0 radical (unpaired) electrons. The SMILES string of the molecule is CN1CC=Cc2ncc[nH+]c21.[I-]. The summed E-state index contributed by atoms with van der Waals surface area (Å²) in [6.45, 7) is 0.954. The highest BCUT2D eigenvalue weighted by atomic mass is 127. The van der Waals surface area contributed by atoms with E-state index in [1.54, 1.807) is 6.20 Å². The first-order valence-electron chi connectivity index (χ1n) is 3.62. The van der Waals surface area contributed by atoms with Crippen molar-refractivity contribution in [2.75, 3.05) is 18.5 Å². The topological polar surface area (TPSA) is 30.3 Å². The van der Waals surface area contributed by atoms with E-state index in [2.05, 4.69) is 20.9 Å². The summed E-state index contributed by atoms with van der Waals surface area (Å²) in [4.78, 5) is 9.49. The van der Waals surface area contributed by atoms with Gasteiger partial charge in [0.2, 0.25) is 0 Å². The first-order valence-corrected chi connectivity index (χ1v) is 3.62. The second-order valence-corrected chi connectivity index (χ2v) is 2.61. The van der Waals surface area contributed by atoms with Crippen LogP contribution >= 0.6 is 0 Å². The second-order valence-electron chi connectivity index (χ2n) is 2.61. The Labute approximate surface area is 88.5 Å². The number of aromatic nitrogens is 2. The molecule has 12 heavy (non-hydrogen) atoms. The van der Waals surface area contributed by atoms with E-state index in [-0.39, 0.29) is 24.0 Å². The highest BCUT2D eigenvalue weighted by molar-refractivity contribution is 5.61. The van der Waals surface area contributed by atoms with Crippen LogP contribution in [0.5, 0.6) is 0 Å². The van der Waals surface area contributed by atoms with Crippen molar-refractivity contribution in [1.29, 1.82) is 0 Å². The highest BCUT2D eigenvalue weighted by Gasteiger charge is 2.16. The Bertz CT molecular complexity index is 298. The summed E-state index contributed by atoms with van der Waals surface area (Å²) in [6.07, 6.45) is 7.74. The van der Waals surface area contributed by atoms with Gasteiger partial charge < -0.3 is 24.0 Å². The van der Waals surface area contributed by atoms with E-state index in [9.17, 15) is 0 Å². The van der Waals surface area contributed by atoms with Gasteiger partial charge in [-0.3, -0.25) is 4.90 Å². The number of fused-ring (bicyclic) bond motifs is 1. The number of rotatable bonds is 0. The Balaban J connectivity index is 0.000000720. The predicted octanol–water partition coefficient (Wildman–Crippen LogP) is -2.64. The van der Waals surface area contributed by atoms with Gasteiger partial charge in [-0.1, -0.05) is 0 Å². The third-order valence-electron chi connectivity index (χ3n) is 1.79. The Morgan fingerprint density at radius 2 is 2.42 bits per heavy atom. The molecular weight excluding hydrogens is 265 g/mol. The number of nitrogens with one attached hydrogen (secondary N) is 1. The average Bonchev–Trinajstić information content (AvgIpc) is 2.06. The van der Waals surface area contributed by atoms with Gasteiger partial charge in [-0.25, -0.2) is 9.97 Å². The van der Waals surface area contributed by atoms with E-state index in [4.69, 9.17) is 0 Å². The molecule has 64 valence electrons. The molecule has 2 heterocycles. The summed E-state index contributed by atoms with van der Waals surface area (Å²) >= 11 is 0. The Hall–Kier alpha value is -0.650. The molecule has 3 nitrogen and oxygen atoms in total. The molecule has 0 saturated carbocycles. The Morgan fingerprint density at radius 1 is 1.58 bits per heavy atom. The third-order valence-corrected chi connectivity index (χ3v) is 1.79. The maximum atomic E-state index is 4.21. The lowest BCUT2D eigenvalue weighted by atomic mass is 10.2. The van der Waals surface area contributed by atoms with Gasteiger partial charge in [0.25, 0.3) is 0 Å². The van der Waals surface area contributed by atoms with Crippen molar-refractivity contribution in [2.45, 2.75) is 0 Å². The van der Waals surface area contributed by atoms with Gasteiger partial charge in [-0.05, 0) is 12.2 Å². The molecule has 1 N–H and O–H groups in total. The number of likely N-dealkylation sites (N-methyl/N-ethyl adjacent to an activating group) is 1. The summed E-state index contributed by atoms with van der Waals surface area (Å²) in [5.41, 5.74) is 1.02. The summed E-state index contributed by atoms with van der Waals surface area (Å²) in [7, 11) is 2.04. The molecule has 2 rings (SSSR count). The molecule has 1 aliphatic rings. The molecule has 0 bridgehead atoms. The van der Waals surface area contributed by atoms with Crippen LogP contribution in [0.15, 0.2) is 18.5 Å². The molecule has 4 heteroatoms. The van der Waals surface area contributed by atoms with Crippen LogP contribution < -0.4 is 33.9 Å². The van der Waals surface area contributed by atoms with Gasteiger partial charge in [0.05, 0.1) is 13.2 Å². The van der Waals surface area contributed by atoms with Crippen LogP contribution in [0.4, 0.5) is 5.82 Å². The zero-order valence-corrected chi connectivity index (χ0v) is 8.95. The van der Waals surface area contributed by atoms with E-state index in [0.717, 1.165) is 18.1 Å². The van der Waals surface area contributed by atoms with Gasteiger partial charge in [0.15, 0.2) is 5.69 Å². The lowest BCUT2D eigenvalue weighted by molar-refractivity contribution is -0.364. The average molecular weight is 275 g/mol. The van der Waals surface area contributed by atoms with Crippen LogP contribution in [0.1, 0.15) is 5.69 Å². The number of hydrogen-bond acceptors (Lipinski definition) is 2. The Morgan fingerprint density at radius 3 is 3.17 bits per heavy atom. The van der Waals surface area contributed by atoms with Crippen LogP contribution in [-0.2, 0) is 0 Å². The molecule has 1 aromatic rings. The zero-order chi connectivity index (χ0) is 7.68. The molecule has 0 saturated heterocycles. The molecule has 1 aromatic heterocycles. The van der Waals surface area contributed by atoms with Crippen LogP contribution in [0, 0.1) is 0 Å². The summed E-state index contributed by atoms with van der Waals surface area (Å²) in [6, 6.07) is 0. The van der Waals surface area contributed by atoms with Crippen LogP contribution in [0.25, 0.3) is 6.08 Å².